The van der Waals surface area contributed by atoms with Gasteiger partial charge in [-0.3, -0.25) is 14.6 Å². The minimum atomic E-state index is -0.731. The quantitative estimate of drug-likeness (QED) is 0.582. The summed E-state index contributed by atoms with van der Waals surface area (Å²) < 4.78 is 5.22. The van der Waals surface area contributed by atoms with E-state index < -0.39 is 6.10 Å². The van der Waals surface area contributed by atoms with E-state index in [1.54, 1.807) is 24.3 Å². The molecule has 0 aromatic heterocycles. The van der Waals surface area contributed by atoms with Gasteiger partial charge in [0.05, 0.1) is 12.8 Å². The summed E-state index contributed by atoms with van der Waals surface area (Å²) in [5.74, 6) is 5.44. The first kappa shape index (κ1) is 16.0. The second kappa shape index (κ2) is 7.49. The fourth-order valence-corrected chi connectivity index (χ4v) is 1.63. The maximum absolute atomic E-state index is 12.0. The fraction of sp³-hybridized carbons (Fsp3) is 0.308. The third-order valence-corrected chi connectivity index (χ3v) is 2.78. The number of amides is 1. The molecule has 1 aromatic carbocycles. The van der Waals surface area contributed by atoms with E-state index in [9.17, 15) is 4.79 Å². The Bertz CT molecular complexity index is 461. The van der Waals surface area contributed by atoms with Crippen molar-refractivity contribution in [3.63, 3.8) is 0 Å². The molecule has 0 spiro atoms. The van der Waals surface area contributed by atoms with E-state index >= 15 is 0 Å². The number of rotatable bonds is 6. The van der Waals surface area contributed by atoms with Crippen molar-refractivity contribution in [2.75, 3.05) is 26.3 Å². The van der Waals surface area contributed by atoms with Crippen LogP contribution in [-0.2, 0) is 14.4 Å². The summed E-state index contributed by atoms with van der Waals surface area (Å²) >= 11 is 0. The zero-order valence-electron chi connectivity index (χ0n) is 11.8. The monoisotopic (exact) mass is 280 g/mol. The predicted octanol–water partition coefficient (Wildman–Crippen LogP) is 0.504. The predicted molar refractivity (Wildman–Crippen MR) is 76.0 cm³/mol. The molecule has 0 aliphatic heterocycles. The number of benzene rings is 1. The topological polar surface area (TPSA) is 94.0 Å². The van der Waals surface area contributed by atoms with Gasteiger partial charge in [0.25, 0.3) is 5.91 Å². The van der Waals surface area contributed by atoms with Gasteiger partial charge in [-0.15, -0.1) is 0 Å². The number of carbonyl (C=O) groups is 1. The van der Waals surface area contributed by atoms with Crippen molar-refractivity contribution < 1.29 is 14.4 Å². The van der Waals surface area contributed by atoms with E-state index in [-0.39, 0.29) is 5.91 Å². The van der Waals surface area contributed by atoms with Crippen molar-refractivity contribution in [3.8, 4) is 0 Å². The van der Waals surface area contributed by atoms with Crippen LogP contribution in [-0.4, -0.2) is 32.2 Å². The molecule has 110 valence electrons. The Kier molecular flexibility index (Phi) is 5.98. The summed E-state index contributed by atoms with van der Waals surface area (Å²) in [4.78, 5) is 16.9. The molecule has 20 heavy (non-hydrogen) atoms. The Hall–Kier alpha value is -2.09. The minimum absolute atomic E-state index is 0.297. The SMILES string of the molecule is COC(C(=O)N(C)OC)c1ccc(N(N)/C=C\N)cc1. The fourth-order valence-electron chi connectivity index (χ4n) is 1.63. The van der Waals surface area contributed by atoms with Crippen molar-refractivity contribution in [3.05, 3.63) is 42.2 Å². The highest BCUT2D eigenvalue weighted by atomic mass is 16.7. The molecule has 0 radical (unpaired) electrons. The first-order valence-corrected chi connectivity index (χ1v) is 5.92. The van der Waals surface area contributed by atoms with E-state index in [1.165, 1.54) is 38.7 Å². The van der Waals surface area contributed by atoms with Crippen LogP contribution in [0.2, 0.25) is 0 Å². The molecule has 7 nitrogen and oxygen atoms in total. The van der Waals surface area contributed by atoms with Crippen LogP contribution >= 0.6 is 0 Å². The molecule has 1 aromatic rings. The molecule has 0 fully saturated rings. The Morgan fingerprint density at radius 1 is 1.30 bits per heavy atom. The number of anilines is 1. The third kappa shape index (κ3) is 3.70. The van der Waals surface area contributed by atoms with Crippen LogP contribution in [0.15, 0.2) is 36.7 Å². The van der Waals surface area contributed by atoms with Gasteiger partial charge >= 0.3 is 0 Å². The zero-order chi connectivity index (χ0) is 15.1. The third-order valence-electron chi connectivity index (χ3n) is 2.78. The van der Waals surface area contributed by atoms with E-state index in [2.05, 4.69) is 0 Å². The molecule has 0 aliphatic carbocycles. The Morgan fingerprint density at radius 3 is 2.35 bits per heavy atom. The molecule has 1 amide bonds. The standard InChI is InChI=1S/C13H20N4O3/c1-16(20-3)13(18)12(19-2)10-4-6-11(7-5-10)17(15)9-8-14/h4-9,12H,14-15H2,1-3H3/b9-8-. The largest absolute Gasteiger partial charge is 0.403 e. The number of ether oxygens (including phenoxy) is 1. The summed E-state index contributed by atoms with van der Waals surface area (Å²) in [7, 11) is 4.40. The van der Waals surface area contributed by atoms with Gasteiger partial charge < -0.3 is 10.5 Å². The zero-order valence-corrected chi connectivity index (χ0v) is 11.8. The van der Waals surface area contributed by atoms with Crippen LogP contribution in [0.1, 0.15) is 11.7 Å². The molecule has 4 N–H and O–H groups in total. The van der Waals surface area contributed by atoms with Crippen LogP contribution in [0.25, 0.3) is 0 Å². The maximum atomic E-state index is 12.0. The van der Waals surface area contributed by atoms with Crippen molar-refractivity contribution in [1.29, 1.82) is 0 Å². The summed E-state index contributed by atoms with van der Waals surface area (Å²) in [6.07, 6.45) is 2.13. The molecule has 0 bridgehead atoms. The highest BCUT2D eigenvalue weighted by Crippen LogP contribution is 2.22. The number of methoxy groups -OCH3 is 1. The van der Waals surface area contributed by atoms with Crippen LogP contribution in [0.5, 0.6) is 0 Å². The summed E-state index contributed by atoms with van der Waals surface area (Å²) in [5, 5.41) is 2.49. The number of nitrogens with two attached hydrogens (primary N) is 2. The molecule has 1 unspecified atom stereocenters. The molecule has 7 heteroatoms. The van der Waals surface area contributed by atoms with Gasteiger partial charge in [-0.2, -0.15) is 0 Å². The van der Waals surface area contributed by atoms with Crippen LogP contribution < -0.4 is 16.6 Å². The van der Waals surface area contributed by atoms with Gasteiger partial charge in [-0.25, -0.2) is 10.9 Å². The van der Waals surface area contributed by atoms with Gasteiger partial charge in [0, 0.05) is 26.6 Å². The minimum Gasteiger partial charge on any atom is -0.403 e. The Balaban J connectivity index is 2.93. The number of likely N-dealkylation sites (N-methyl/N-ethyl adjacent to an activating group) is 1. The maximum Gasteiger partial charge on any atom is 0.279 e. The Morgan fingerprint density at radius 2 is 1.90 bits per heavy atom. The molecule has 0 saturated carbocycles. The van der Waals surface area contributed by atoms with Crippen LogP contribution in [0.4, 0.5) is 5.69 Å². The van der Waals surface area contributed by atoms with Gasteiger partial charge in [0.1, 0.15) is 0 Å². The van der Waals surface area contributed by atoms with E-state index in [0.717, 1.165) is 10.8 Å². The number of hydrogen-bond acceptors (Lipinski definition) is 6. The molecule has 1 rings (SSSR count). The summed E-state index contributed by atoms with van der Waals surface area (Å²) in [5.41, 5.74) is 6.71. The van der Waals surface area contributed by atoms with Gasteiger partial charge in [0.2, 0.25) is 0 Å². The van der Waals surface area contributed by atoms with Crippen LogP contribution in [0.3, 0.4) is 0 Å². The summed E-state index contributed by atoms with van der Waals surface area (Å²) in [6.45, 7) is 0. The van der Waals surface area contributed by atoms with Crippen molar-refractivity contribution in [2.45, 2.75) is 6.10 Å². The van der Waals surface area contributed by atoms with Crippen molar-refractivity contribution >= 4 is 11.6 Å². The van der Waals surface area contributed by atoms with Gasteiger partial charge in [0.15, 0.2) is 6.10 Å². The lowest BCUT2D eigenvalue weighted by Crippen LogP contribution is -2.31. The molecule has 0 heterocycles. The number of hydrazine groups is 1. The highest BCUT2D eigenvalue weighted by Gasteiger charge is 2.23. The molecule has 0 aliphatic rings. The van der Waals surface area contributed by atoms with Crippen molar-refractivity contribution in [1.82, 2.24) is 5.06 Å². The van der Waals surface area contributed by atoms with Crippen molar-refractivity contribution in [2.24, 2.45) is 11.6 Å². The van der Waals surface area contributed by atoms with Gasteiger partial charge in [-0.05, 0) is 17.7 Å². The number of hydroxylamine groups is 2. The second-order valence-corrected chi connectivity index (χ2v) is 3.97. The number of hydrogen-bond donors (Lipinski definition) is 2. The highest BCUT2D eigenvalue weighted by molar-refractivity contribution is 5.81. The van der Waals surface area contributed by atoms with E-state index in [0.29, 0.717) is 5.56 Å². The average molecular weight is 280 g/mol. The first-order valence-electron chi connectivity index (χ1n) is 5.92. The molecular weight excluding hydrogens is 260 g/mol. The smallest absolute Gasteiger partial charge is 0.279 e. The van der Waals surface area contributed by atoms with Crippen LogP contribution in [0, 0.1) is 0 Å². The lowest BCUT2D eigenvalue weighted by atomic mass is 10.1. The Labute approximate surface area is 118 Å². The normalized spacial score (nSPS) is 12.4. The summed E-state index contributed by atoms with van der Waals surface area (Å²) in [6, 6.07) is 7.05. The van der Waals surface area contributed by atoms with Gasteiger partial charge in [-0.1, -0.05) is 12.1 Å². The number of carbonyl (C=O) groups excluding carboxylic acids is 1. The number of nitrogens with zero attached hydrogens (tertiary/aromatic N) is 2. The lowest BCUT2D eigenvalue weighted by molar-refractivity contribution is -0.179. The van der Waals surface area contributed by atoms with E-state index in [1.807, 2.05) is 0 Å². The first-order chi connectivity index (χ1) is 9.54. The molecule has 1 atom stereocenters. The molecular formula is C13H20N4O3. The average Bonchev–Trinajstić information content (AvgIpc) is 2.48. The molecule has 0 saturated heterocycles. The van der Waals surface area contributed by atoms with E-state index in [4.69, 9.17) is 21.2 Å². The second-order valence-electron chi connectivity index (χ2n) is 3.97. The lowest BCUT2D eigenvalue weighted by Gasteiger charge is -2.21.